The fraction of sp³-hybridized carbons (Fsp3) is 0.360. The SMILES string of the molecule is CCCCNC(=O)COc1ccccc1-c1cn(-c2ccccc2OCC(=O)NC(C)C)nn1. The predicted octanol–water partition coefficient (Wildman–Crippen LogP) is 3.13. The Morgan fingerprint density at radius 1 is 0.971 bits per heavy atom. The molecule has 2 N–H and O–H groups in total. The number of hydrogen-bond donors (Lipinski definition) is 2. The van der Waals surface area contributed by atoms with Crippen LogP contribution in [0, 0.1) is 0 Å². The molecule has 9 nitrogen and oxygen atoms in total. The lowest BCUT2D eigenvalue weighted by atomic mass is 10.1. The van der Waals surface area contributed by atoms with Crippen molar-refractivity contribution in [3.8, 4) is 28.4 Å². The average molecular weight is 466 g/mol. The van der Waals surface area contributed by atoms with E-state index in [2.05, 4.69) is 27.9 Å². The van der Waals surface area contributed by atoms with Gasteiger partial charge in [0, 0.05) is 18.2 Å². The van der Waals surface area contributed by atoms with Gasteiger partial charge in [-0.2, -0.15) is 0 Å². The summed E-state index contributed by atoms with van der Waals surface area (Å²) in [5.41, 5.74) is 1.94. The minimum Gasteiger partial charge on any atom is -0.483 e. The molecule has 3 aromatic rings. The Hall–Kier alpha value is -3.88. The van der Waals surface area contributed by atoms with Gasteiger partial charge in [0.05, 0.1) is 6.20 Å². The van der Waals surface area contributed by atoms with Crippen molar-refractivity contribution >= 4 is 11.8 Å². The molecule has 0 radical (unpaired) electrons. The Balaban J connectivity index is 1.73. The molecule has 3 rings (SSSR count). The fourth-order valence-electron chi connectivity index (χ4n) is 3.18. The van der Waals surface area contributed by atoms with E-state index < -0.39 is 0 Å². The molecule has 34 heavy (non-hydrogen) atoms. The third-order valence-corrected chi connectivity index (χ3v) is 4.79. The molecule has 0 aliphatic carbocycles. The molecule has 0 atom stereocenters. The highest BCUT2D eigenvalue weighted by Gasteiger charge is 2.15. The zero-order chi connectivity index (χ0) is 24.3. The summed E-state index contributed by atoms with van der Waals surface area (Å²) in [7, 11) is 0. The number of carbonyl (C=O) groups is 2. The minimum atomic E-state index is -0.200. The quantitative estimate of drug-likeness (QED) is 0.398. The summed E-state index contributed by atoms with van der Waals surface area (Å²) in [6.45, 7) is 6.31. The molecule has 0 fully saturated rings. The van der Waals surface area contributed by atoms with Crippen molar-refractivity contribution in [2.24, 2.45) is 0 Å². The zero-order valence-electron chi connectivity index (χ0n) is 19.8. The lowest BCUT2D eigenvalue weighted by Gasteiger charge is -2.12. The van der Waals surface area contributed by atoms with Gasteiger partial charge in [-0.25, -0.2) is 4.68 Å². The number of nitrogens with zero attached hydrogens (tertiary/aromatic N) is 3. The third-order valence-electron chi connectivity index (χ3n) is 4.79. The number of aromatic nitrogens is 3. The predicted molar refractivity (Wildman–Crippen MR) is 129 cm³/mol. The molecule has 0 bridgehead atoms. The maximum atomic E-state index is 12.0. The topological polar surface area (TPSA) is 107 Å². The molecule has 180 valence electrons. The second-order valence-electron chi connectivity index (χ2n) is 8.02. The monoisotopic (exact) mass is 465 g/mol. The molecule has 0 saturated heterocycles. The lowest BCUT2D eigenvalue weighted by molar-refractivity contribution is -0.124. The van der Waals surface area contributed by atoms with E-state index in [0.717, 1.165) is 12.8 Å². The molecule has 0 aliphatic rings. The van der Waals surface area contributed by atoms with Crippen LogP contribution in [0.3, 0.4) is 0 Å². The van der Waals surface area contributed by atoms with Crippen LogP contribution in [-0.2, 0) is 9.59 Å². The Morgan fingerprint density at radius 2 is 1.65 bits per heavy atom. The summed E-state index contributed by atoms with van der Waals surface area (Å²) in [6, 6.07) is 14.7. The van der Waals surface area contributed by atoms with E-state index in [4.69, 9.17) is 9.47 Å². The smallest absolute Gasteiger partial charge is 0.258 e. The summed E-state index contributed by atoms with van der Waals surface area (Å²) < 4.78 is 13.1. The van der Waals surface area contributed by atoms with E-state index in [1.165, 1.54) is 0 Å². The summed E-state index contributed by atoms with van der Waals surface area (Å²) in [5, 5.41) is 14.2. The Kier molecular flexibility index (Phi) is 9.02. The van der Waals surface area contributed by atoms with Crippen LogP contribution in [0.25, 0.3) is 16.9 Å². The van der Waals surface area contributed by atoms with Crippen molar-refractivity contribution in [2.45, 2.75) is 39.7 Å². The highest BCUT2D eigenvalue weighted by atomic mass is 16.5. The maximum absolute atomic E-state index is 12.0. The molecule has 0 spiro atoms. The van der Waals surface area contributed by atoms with Crippen molar-refractivity contribution < 1.29 is 19.1 Å². The van der Waals surface area contributed by atoms with Gasteiger partial charge in [-0.3, -0.25) is 9.59 Å². The van der Waals surface area contributed by atoms with Gasteiger partial charge in [0.25, 0.3) is 11.8 Å². The number of nitrogens with one attached hydrogen (secondary N) is 2. The number of carbonyl (C=O) groups excluding carboxylic acids is 2. The van der Waals surface area contributed by atoms with Crippen LogP contribution in [0.2, 0.25) is 0 Å². The van der Waals surface area contributed by atoms with E-state index in [1.54, 1.807) is 23.0 Å². The Labute approximate surface area is 199 Å². The summed E-state index contributed by atoms with van der Waals surface area (Å²) in [4.78, 5) is 24.0. The number of unbranched alkanes of at least 4 members (excludes halogenated alkanes) is 1. The first-order valence-electron chi connectivity index (χ1n) is 11.4. The first kappa shape index (κ1) is 24.8. The number of para-hydroxylation sites is 3. The van der Waals surface area contributed by atoms with Gasteiger partial charge in [-0.05, 0) is 44.5 Å². The minimum absolute atomic E-state index is 0.0360. The van der Waals surface area contributed by atoms with Crippen LogP contribution in [0.15, 0.2) is 54.7 Å². The third kappa shape index (κ3) is 7.06. The van der Waals surface area contributed by atoms with Gasteiger partial charge in [0.2, 0.25) is 0 Å². The van der Waals surface area contributed by atoms with Gasteiger partial charge < -0.3 is 20.1 Å². The number of benzene rings is 2. The van der Waals surface area contributed by atoms with Crippen molar-refractivity contribution in [2.75, 3.05) is 19.8 Å². The first-order valence-corrected chi connectivity index (χ1v) is 11.4. The molecule has 0 unspecified atom stereocenters. The average Bonchev–Trinajstić information content (AvgIpc) is 3.31. The van der Waals surface area contributed by atoms with E-state index in [1.807, 2.05) is 50.2 Å². The summed E-state index contributed by atoms with van der Waals surface area (Å²) in [6.07, 6.45) is 3.69. The highest BCUT2D eigenvalue weighted by Crippen LogP contribution is 2.29. The van der Waals surface area contributed by atoms with Crippen molar-refractivity contribution in [1.82, 2.24) is 25.6 Å². The highest BCUT2D eigenvalue weighted by molar-refractivity contribution is 5.78. The molecule has 9 heteroatoms. The van der Waals surface area contributed by atoms with Crippen molar-refractivity contribution in [3.63, 3.8) is 0 Å². The van der Waals surface area contributed by atoms with Gasteiger partial charge >= 0.3 is 0 Å². The standard InChI is InChI=1S/C25H31N5O4/c1-4-5-14-26-24(31)16-33-22-12-8-6-10-19(22)20-15-30(29-28-20)21-11-7-9-13-23(21)34-17-25(32)27-18(2)3/h6-13,15,18H,4-5,14,16-17H2,1-3H3,(H,26,31)(H,27,32). The molecule has 0 saturated carbocycles. The second-order valence-corrected chi connectivity index (χ2v) is 8.02. The molecular formula is C25H31N5O4. The maximum Gasteiger partial charge on any atom is 0.258 e. The van der Waals surface area contributed by atoms with Crippen LogP contribution in [0.5, 0.6) is 11.5 Å². The number of hydrogen-bond acceptors (Lipinski definition) is 6. The summed E-state index contributed by atoms with van der Waals surface area (Å²) >= 11 is 0. The molecular weight excluding hydrogens is 434 g/mol. The first-order chi connectivity index (χ1) is 16.5. The number of amides is 2. The van der Waals surface area contributed by atoms with Gasteiger partial charge in [-0.15, -0.1) is 5.10 Å². The van der Waals surface area contributed by atoms with Crippen LogP contribution >= 0.6 is 0 Å². The second kappa shape index (κ2) is 12.4. The fourth-order valence-corrected chi connectivity index (χ4v) is 3.18. The Morgan fingerprint density at radius 3 is 2.41 bits per heavy atom. The molecule has 0 aliphatic heterocycles. The van der Waals surface area contributed by atoms with Crippen LogP contribution in [0.4, 0.5) is 0 Å². The number of rotatable bonds is 12. The normalized spacial score (nSPS) is 10.7. The van der Waals surface area contributed by atoms with E-state index in [9.17, 15) is 9.59 Å². The number of ether oxygens (including phenoxy) is 2. The molecule has 1 heterocycles. The zero-order valence-corrected chi connectivity index (χ0v) is 19.8. The van der Waals surface area contributed by atoms with E-state index in [-0.39, 0.29) is 31.1 Å². The van der Waals surface area contributed by atoms with Crippen LogP contribution in [-0.4, -0.2) is 52.6 Å². The molecule has 1 aromatic heterocycles. The molecule has 2 aromatic carbocycles. The largest absolute Gasteiger partial charge is 0.483 e. The Bertz CT molecular complexity index is 1100. The summed E-state index contributed by atoms with van der Waals surface area (Å²) in [5.74, 6) is 0.676. The van der Waals surface area contributed by atoms with Crippen molar-refractivity contribution in [3.05, 3.63) is 54.7 Å². The van der Waals surface area contributed by atoms with Gasteiger partial charge in [0.15, 0.2) is 13.2 Å². The van der Waals surface area contributed by atoms with Crippen molar-refractivity contribution in [1.29, 1.82) is 0 Å². The van der Waals surface area contributed by atoms with E-state index in [0.29, 0.717) is 35.0 Å². The van der Waals surface area contributed by atoms with Gasteiger partial charge in [0.1, 0.15) is 22.9 Å². The van der Waals surface area contributed by atoms with Crippen LogP contribution < -0.4 is 20.1 Å². The lowest BCUT2D eigenvalue weighted by Crippen LogP contribution is -2.34. The molecule has 2 amide bonds. The van der Waals surface area contributed by atoms with Crippen LogP contribution in [0.1, 0.15) is 33.6 Å². The van der Waals surface area contributed by atoms with Gasteiger partial charge in [-0.1, -0.05) is 42.8 Å². The van der Waals surface area contributed by atoms with E-state index >= 15 is 0 Å².